The summed E-state index contributed by atoms with van der Waals surface area (Å²) < 4.78 is 5.41. The summed E-state index contributed by atoms with van der Waals surface area (Å²) in [6, 6.07) is 5.27. The lowest BCUT2D eigenvalue weighted by molar-refractivity contribution is 0.0600. The Hall–Kier alpha value is -0.540. The minimum Gasteiger partial charge on any atom is -0.465 e. The monoisotopic (exact) mass is 262 g/mol. The van der Waals surface area contributed by atoms with E-state index < -0.39 is 0 Å². The Morgan fingerprint density at radius 2 is 2.23 bits per heavy atom. The molecule has 0 N–H and O–H groups in total. The molecular formula is C9H8BrClO2. The van der Waals surface area contributed by atoms with Gasteiger partial charge in [-0.1, -0.05) is 15.9 Å². The molecule has 0 saturated carbocycles. The molecule has 1 rings (SSSR count). The van der Waals surface area contributed by atoms with Crippen molar-refractivity contribution < 1.29 is 9.53 Å². The third-order valence-electron chi connectivity index (χ3n) is 1.53. The van der Waals surface area contributed by atoms with E-state index in [0.717, 1.165) is 10.0 Å². The summed E-state index contributed by atoms with van der Waals surface area (Å²) >= 11 is 8.93. The molecule has 0 aliphatic heterocycles. The van der Waals surface area contributed by atoms with E-state index in [1.807, 2.05) is 6.07 Å². The third kappa shape index (κ3) is 2.71. The first-order chi connectivity index (χ1) is 6.17. The summed E-state index contributed by atoms with van der Waals surface area (Å²) in [7, 11) is 1.35. The van der Waals surface area contributed by atoms with Crippen molar-refractivity contribution in [1.82, 2.24) is 0 Å². The van der Waals surface area contributed by atoms with Gasteiger partial charge in [0.05, 0.1) is 12.7 Å². The Morgan fingerprint density at radius 3 is 2.77 bits per heavy atom. The second-order valence-corrected chi connectivity index (χ2v) is 3.66. The van der Waals surface area contributed by atoms with Crippen molar-refractivity contribution in [3.63, 3.8) is 0 Å². The van der Waals surface area contributed by atoms with E-state index in [-0.39, 0.29) is 5.97 Å². The van der Waals surface area contributed by atoms with Crippen molar-refractivity contribution in [1.29, 1.82) is 0 Å². The van der Waals surface area contributed by atoms with Crippen LogP contribution < -0.4 is 0 Å². The maximum Gasteiger partial charge on any atom is 0.337 e. The van der Waals surface area contributed by atoms with E-state index in [4.69, 9.17) is 11.6 Å². The summed E-state index contributed by atoms with van der Waals surface area (Å²) in [6.07, 6.45) is 0. The van der Waals surface area contributed by atoms with Crippen LogP contribution in [-0.4, -0.2) is 13.1 Å². The largest absolute Gasteiger partial charge is 0.465 e. The smallest absolute Gasteiger partial charge is 0.337 e. The fraction of sp³-hybridized carbons (Fsp3) is 0.222. The lowest BCUT2D eigenvalue weighted by atomic mass is 10.1. The molecule has 0 aliphatic carbocycles. The fourth-order valence-electron chi connectivity index (χ4n) is 0.963. The molecule has 4 heteroatoms. The molecule has 0 aliphatic rings. The second-order valence-electron chi connectivity index (χ2n) is 2.47. The van der Waals surface area contributed by atoms with Crippen LogP contribution in [0.2, 0.25) is 0 Å². The van der Waals surface area contributed by atoms with Crippen molar-refractivity contribution in [2.24, 2.45) is 0 Å². The number of alkyl halides is 1. The molecule has 0 fully saturated rings. The Balaban J connectivity index is 3.08. The molecule has 0 heterocycles. The van der Waals surface area contributed by atoms with Gasteiger partial charge in [-0.3, -0.25) is 0 Å². The minimum atomic E-state index is -0.354. The van der Waals surface area contributed by atoms with Crippen molar-refractivity contribution in [3.8, 4) is 0 Å². The molecule has 0 saturated heterocycles. The van der Waals surface area contributed by atoms with Crippen LogP contribution >= 0.6 is 27.5 Å². The maximum absolute atomic E-state index is 11.1. The first-order valence-corrected chi connectivity index (χ1v) is 4.94. The lowest BCUT2D eigenvalue weighted by Crippen LogP contribution is -2.01. The molecule has 0 bridgehead atoms. The fourth-order valence-corrected chi connectivity index (χ4v) is 1.66. The number of carbonyl (C=O) groups is 1. The SMILES string of the molecule is COC(=O)c1cc(Br)cc(CCl)c1. The van der Waals surface area contributed by atoms with Gasteiger partial charge in [-0.25, -0.2) is 4.79 Å². The number of benzene rings is 1. The number of hydrogen-bond acceptors (Lipinski definition) is 2. The first-order valence-electron chi connectivity index (χ1n) is 3.61. The van der Waals surface area contributed by atoms with Gasteiger partial charge in [-0.15, -0.1) is 11.6 Å². The van der Waals surface area contributed by atoms with Gasteiger partial charge in [0.1, 0.15) is 0 Å². The van der Waals surface area contributed by atoms with Crippen molar-refractivity contribution in [2.45, 2.75) is 5.88 Å². The van der Waals surface area contributed by atoms with Gasteiger partial charge in [0.25, 0.3) is 0 Å². The normalized spacial score (nSPS) is 9.77. The zero-order valence-electron chi connectivity index (χ0n) is 7.01. The second kappa shape index (κ2) is 4.63. The predicted molar refractivity (Wildman–Crippen MR) is 55.0 cm³/mol. The zero-order valence-corrected chi connectivity index (χ0v) is 9.35. The lowest BCUT2D eigenvalue weighted by Gasteiger charge is -2.02. The quantitative estimate of drug-likeness (QED) is 0.606. The van der Waals surface area contributed by atoms with Crippen LogP contribution in [-0.2, 0) is 10.6 Å². The van der Waals surface area contributed by atoms with Crippen LogP contribution in [0.4, 0.5) is 0 Å². The number of ether oxygens (including phenoxy) is 1. The Labute approximate surface area is 90.0 Å². The molecule has 70 valence electrons. The number of esters is 1. The number of hydrogen-bond donors (Lipinski definition) is 0. The Morgan fingerprint density at radius 1 is 1.54 bits per heavy atom. The highest BCUT2D eigenvalue weighted by Gasteiger charge is 2.07. The van der Waals surface area contributed by atoms with Gasteiger partial charge in [-0.2, -0.15) is 0 Å². The molecule has 0 amide bonds. The van der Waals surface area contributed by atoms with E-state index in [1.165, 1.54) is 7.11 Å². The number of carbonyl (C=O) groups excluding carboxylic acids is 1. The van der Waals surface area contributed by atoms with Gasteiger partial charge < -0.3 is 4.74 Å². The third-order valence-corrected chi connectivity index (χ3v) is 2.30. The predicted octanol–water partition coefficient (Wildman–Crippen LogP) is 2.97. The summed E-state index contributed by atoms with van der Waals surface area (Å²) in [5.74, 6) is 0.0244. The van der Waals surface area contributed by atoms with Crippen LogP contribution in [0.25, 0.3) is 0 Å². The Bertz CT molecular complexity index is 325. The number of halogens is 2. The van der Waals surface area contributed by atoms with Crippen LogP contribution in [0.15, 0.2) is 22.7 Å². The van der Waals surface area contributed by atoms with Crippen LogP contribution in [0, 0.1) is 0 Å². The van der Waals surface area contributed by atoms with Gasteiger partial charge in [0.2, 0.25) is 0 Å². The highest BCUT2D eigenvalue weighted by Crippen LogP contribution is 2.17. The van der Waals surface area contributed by atoms with E-state index in [2.05, 4.69) is 20.7 Å². The molecule has 0 unspecified atom stereocenters. The van der Waals surface area contributed by atoms with Crippen molar-refractivity contribution >= 4 is 33.5 Å². The van der Waals surface area contributed by atoms with Crippen molar-refractivity contribution in [2.75, 3.05) is 7.11 Å². The number of rotatable bonds is 2. The summed E-state index contributed by atoms with van der Waals surface area (Å²) in [4.78, 5) is 11.1. The van der Waals surface area contributed by atoms with E-state index >= 15 is 0 Å². The zero-order chi connectivity index (χ0) is 9.84. The van der Waals surface area contributed by atoms with Crippen LogP contribution in [0.5, 0.6) is 0 Å². The Kier molecular flexibility index (Phi) is 3.75. The van der Waals surface area contributed by atoms with E-state index in [0.29, 0.717) is 11.4 Å². The van der Waals surface area contributed by atoms with E-state index in [9.17, 15) is 4.79 Å². The average molecular weight is 264 g/mol. The van der Waals surface area contributed by atoms with Crippen molar-refractivity contribution in [3.05, 3.63) is 33.8 Å². The van der Waals surface area contributed by atoms with Crippen LogP contribution in [0.1, 0.15) is 15.9 Å². The molecule has 13 heavy (non-hydrogen) atoms. The van der Waals surface area contributed by atoms with Gasteiger partial charge in [0.15, 0.2) is 0 Å². The van der Waals surface area contributed by atoms with Gasteiger partial charge in [0, 0.05) is 10.4 Å². The number of methoxy groups -OCH3 is 1. The molecule has 1 aromatic rings. The highest BCUT2D eigenvalue weighted by molar-refractivity contribution is 9.10. The molecule has 1 aromatic carbocycles. The van der Waals surface area contributed by atoms with Crippen LogP contribution in [0.3, 0.4) is 0 Å². The molecule has 0 spiro atoms. The molecule has 2 nitrogen and oxygen atoms in total. The first kappa shape index (κ1) is 10.5. The molecule has 0 atom stereocenters. The topological polar surface area (TPSA) is 26.3 Å². The summed E-state index contributed by atoms with van der Waals surface area (Å²) in [5, 5.41) is 0. The standard InChI is InChI=1S/C9H8BrClO2/c1-13-9(12)7-2-6(5-11)3-8(10)4-7/h2-4H,5H2,1H3. The summed E-state index contributed by atoms with van der Waals surface area (Å²) in [5.41, 5.74) is 1.39. The van der Waals surface area contributed by atoms with Gasteiger partial charge >= 0.3 is 5.97 Å². The summed E-state index contributed by atoms with van der Waals surface area (Å²) in [6.45, 7) is 0. The highest BCUT2D eigenvalue weighted by atomic mass is 79.9. The average Bonchev–Trinajstić information content (AvgIpc) is 2.15. The van der Waals surface area contributed by atoms with Gasteiger partial charge in [-0.05, 0) is 23.8 Å². The van der Waals surface area contributed by atoms with E-state index in [1.54, 1.807) is 12.1 Å². The molecular weight excluding hydrogens is 255 g/mol. The molecule has 0 radical (unpaired) electrons. The minimum absolute atomic E-state index is 0.354. The maximum atomic E-state index is 11.1. The molecule has 0 aromatic heterocycles.